The molecule has 11 heteroatoms. The van der Waals surface area contributed by atoms with Crippen LogP contribution in [0.1, 0.15) is 11.1 Å². The number of nitrogens with zero attached hydrogens (tertiary/aromatic N) is 3. The van der Waals surface area contributed by atoms with Crippen LogP contribution in [0, 0.1) is 0 Å². The minimum absolute atomic E-state index is 0.00112. The van der Waals surface area contributed by atoms with E-state index in [0.717, 1.165) is 26.7 Å². The lowest BCUT2D eigenvalue weighted by atomic mass is 9.99. The summed E-state index contributed by atoms with van der Waals surface area (Å²) in [6.07, 6.45) is 1.48. The Bertz CT molecular complexity index is 1520. The van der Waals surface area contributed by atoms with Gasteiger partial charge in [0.05, 0.1) is 17.5 Å². The van der Waals surface area contributed by atoms with E-state index in [1.165, 1.54) is 36.5 Å². The molecule has 37 heavy (non-hydrogen) atoms. The summed E-state index contributed by atoms with van der Waals surface area (Å²) in [4.78, 5) is 39.0. The number of ketones is 1. The predicted octanol–water partition coefficient (Wildman–Crippen LogP) is 3.99. The van der Waals surface area contributed by atoms with Gasteiger partial charge in [-0.2, -0.15) is 5.10 Å². The molecule has 1 spiro atoms. The quantitative estimate of drug-likeness (QED) is 0.141. The third-order valence-corrected chi connectivity index (χ3v) is 7.46. The Kier molecular flexibility index (Phi) is 6.40. The molecule has 2 saturated heterocycles. The molecule has 0 bridgehead atoms. The lowest BCUT2D eigenvalue weighted by molar-refractivity contribution is -0.132. The maximum Gasteiger partial charge on any atom is 0.301 e. The lowest BCUT2D eigenvalue weighted by Crippen LogP contribution is -2.50. The first-order valence-electron chi connectivity index (χ1n) is 10.9. The van der Waals surface area contributed by atoms with Gasteiger partial charge in [-0.05, 0) is 41.6 Å². The summed E-state index contributed by atoms with van der Waals surface area (Å²) < 4.78 is 0.729. The van der Waals surface area contributed by atoms with E-state index >= 15 is 0 Å². The second-order valence-corrected chi connectivity index (χ2v) is 10.0. The number of halogens is 1. The van der Waals surface area contributed by atoms with E-state index < -0.39 is 33.8 Å². The molecule has 5 rings (SSSR count). The molecule has 2 amide bonds. The molecule has 0 aliphatic carbocycles. The number of hydrogen-bond acceptors (Lipinski definition) is 8. The Labute approximate surface area is 223 Å². The Morgan fingerprint density at radius 2 is 1.65 bits per heavy atom. The van der Waals surface area contributed by atoms with Crippen LogP contribution in [-0.4, -0.2) is 44.1 Å². The van der Waals surface area contributed by atoms with Gasteiger partial charge in [-0.15, -0.1) is 5.10 Å². The summed E-state index contributed by atoms with van der Waals surface area (Å²) in [6.45, 7) is 0. The van der Waals surface area contributed by atoms with Gasteiger partial charge in [0, 0.05) is 10.0 Å². The third-order valence-electron chi connectivity index (χ3n) is 5.68. The standard InChI is InChI=1S/C26H17BrN4O5S/c27-17-12-10-16(11-13-17)21(33)20-22(34)23(35)31(18-8-4-5-9-19(18)32)26(20)24(36)29-25(37-26)30-28-14-15-6-2-1-3-7-15/h1-14,32-33H,(H,29,30,36)/b21-20-,28-14+. The fraction of sp³-hybridized carbons (Fsp3) is 0.0385. The number of carbonyl (C=O) groups excluding carboxylic acids is 3. The van der Waals surface area contributed by atoms with Gasteiger partial charge in [-0.3, -0.25) is 19.3 Å². The summed E-state index contributed by atoms with van der Waals surface area (Å²) in [5.41, 5.74) is 0.476. The minimum atomic E-state index is -2.08. The lowest BCUT2D eigenvalue weighted by Gasteiger charge is -2.31. The number of para-hydroxylation sites is 2. The molecule has 2 heterocycles. The number of Topliss-reactive ketones (excluding diaryl/α,β-unsaturated/α-hetero) is 1. The van der Waals surface area contributed by atoms with Crippen molar-refractivity contribution in [1.29, 1.82) is 0 Å². The van der Waals surface area contributed by atoms with E-state index in [-0.39, 0.29) is 22.2 Å². The number of hydrogen-bond donors (Lipinski definition) is 3. The fourth-order valence-corrected chi connectivity index (χ4v) is 5.49. The molecule has 0 saturated carbocycles. The number of aromatic hydroxyl groups is 1. The normalized spacial score (nSPS) is 21.9. The first kappa shape index (κ1) is 24.5. The number of phenols is 1. The number of phenolic OH excluding ortho intramolecular Hbond substituents is 1. The number of benzene rings is 3. The number of amidine groups is 1. The molecule has 0 aromatic heterocycles. The van der Waals surface area contributed by atoms with E-state index in [1.54, 1.807) is 18.2 Å². The van der Waals surface area contributed by atoms with Crippen LogP contribution in [0.4, 0.5) is 5.69 Å². The predicted molar refractivity (Wildman–Crippen MR) is 144 cm³/mol. The smallest absolute Gasteiger partial charge is 0.301 e. The van der Waals surface area contributed by atoms with Crippen molar-refractivity contribution in [1.82, 2.24) is 5.32 Å². The molecule has 2 aliphatic rings. The molecule has 2 aliphatic heterocycles. The second-order valence-electron chi connectivity index (χ2n) is 7.95. The number of aliphatic hydroxyl groups is 1. The van der Waals surface area contributed by atoms with Crippen molar-refractivity contribution in [3.8, 4) is 5.75 Å². The molecule has 9 nitrogen and oxygen atoms in total. The minimum Gasteiger partial charge on any atom is -0.507 e. The SMILES string of the molecule is O=C1C(=O)N(c2ccccc2O)C2(S/C(=N\N=C\c3ccccc3)NC2=O)/C1=C(\O)c1ccc(Br)cc1. The number of thioether (sulfide) groups is 1. The Morgan fingerprint density at radius 3 is 2.35 bits per heavy atom. The summed E-state index contributed by atoms with van der Waals surface area (Å²) >= 11 is 4.05. The van der Waals surface area contributed by atoms with E-state index in [1.807, 2.05) is 30.3 Å². The van der Waals surface area contributed by atoms with Crippen LogP contribution in [0.2, 0.25) is 0 Å². The van der Waals surface area contributed by atoms with Crippen molar-refractivity contribution in [2.24, 2.45) is 10.2 Å². The Morgan fingerprint density at radius 1 is 0.973 bits per heavy atom. The van der Waals surface area contributed by atoms with Gasteiger partial charge in [0.2, 0.25) is 4.87 Å². The number of amides is 2. The van der Waals surface area contributed by atoms with Crippen LogP contribution >= 0.6 is 27.7 Å². The van der Waals surface area contributed by atoms with Gasteiger partial charge in [0.15, 0.2) is 5.17 Å². The number of rotatable bonds is 4. The van der Waals surface area contributed by atoms with Gasteiger partial charge >= 0.3 is 5.91 Å². The summed E-state index contributed by atoms with van der Waals surface area (Å²) in [6, 6.07) is 21.3. The Balaban J connectivity index is 1.67. The van der Waals surface area contributed by atoms with Gasteiger partial charge in [-0.25, -0.2) is 0 Å². The summed E-state index contributed by atoms with van der Waals surface area (Å²) in [5.74, 6) is -3.83. The number of anilines is 1. The third kappa shape index (κ3) is 4.21. The van der Waals surface area contributed by atoms with Crippen molar-refractivity contribution in [2.75, 3.05) is 4.90 Å². The van der Waals surface area contributed by atoms with Crippen molar-refractivity contribution < 1.29 is 24.6 Å². The summed E-state index contributed by atoms with van der Waals surface area (Å²) in [5, 5.41) is 32.4. The van der Waals surface area contributed by atoms with Crippen LogP contribution < -0.4 is 10.2 Å². The van der Waals surface area contributed by atoms with Crippen LogP contribution in [-0.2, 0) is 14.4 Å². The molecule has 3 aromatic rings. The molecule has 1 unspecified atom stereocenters. The first-order chi connectivity index (χ1) is 17.8. The second kappa shape index (κ2) is 9.68. The van der Waals surface area contributed by atoms with Crippen molar-refractivity contribution in [2.45, 2.75) is 4.87 Å². The van der Waals surface area contributed by atoms with Crippen LogP contribution in [0.5, 0.6) is 5.75 Å². The van der Waals surface area contributed by atoms with Crippen molar-refractivity contribution in [3.63, 3.8) is 0 Å². The zero-order valence-corrected chi connectivity index (χ0v) is 21.2. The highest BCUT2D eigenvalue weighted by molar-refractivity contribution is 9.10. The van der Waals surface area contributed by atoms with E-state index in [0.29, 0.717) is 0 Å². The van der Waals surface area contributed by atoms with Crippen LogP contribution in [0.25, 0.3) is 5.76 Å². The van der Waals surface area contributed by atoms with Crippen molar-refractivity contribution >= 4 is 68.1 Å². The molecule has 2 fully saturated rings. The van der Waals surface area contributed by atoms with E-state index in [2.05, 4.69) is 31.4 Å². The highest BCUT2D eigenvalue weighted by atomic mass is 79.9. The Hall–Kier alpha value is -4.22. The molecular formula is C26H17BrN4O5S. The first-order valence-corrected chi connectivity index (χ1v) is 12.5. The van der Waals surface area contributed by atoms with Crippen LogP contribution in [0.3, 0.4) is 0 Å². The monoisotopic (exact) mass is 576 g/mol. The molecule has 3 N–H and O–H groups in total. The molecule has 3 aromatic carbocycles. The van der Waals surface area contributed by atoms with Crippen LogP contribution in [0.15, 0.2) is 99.1 Å². The van der Waals surface area contributed by atoms with E-state index in [4.69, 9.17) is 0 Å². The maximum absolute atomic E-state index is 13.6. The van der Waals surface area contributed by atoms with Gasteiger partial charge in [0.25, 0.3) is 11.7 Å². The zero-order valence-electron chi connectivity index (χ0n) is 18.8. The topological polar surface area (TPSA) is 132 Å². The molecular weight excluding hydrogens is 560 g/mol. The fourth-order valence-electron chi connectivity index (χ4n) is 4.01. The van der Waals surface area contributed by atoms with E-state index in [9.17, 15) is 24.6 Å². The largest absolute Gasteiger partial charge is 0.507 e. The highest BCUT2D eigenvalue weighted by Crippen LogP contribution is 2.51. The average Bonchev–Trinajstić information content (AvgIpc) is 3.32. The van der Waals surface area contributed by atoms with Gasteiger partial charge in [-0.1, -0.05) is 70.5 Å². The average molecular weight is 577 g/mol. The van der Waals surface area contributed by atoms with Gasteiger partial charge in [0.1, 0.15) is 11.5 Å². The molecule has 184 valence electrons. The number of nitrogens with one attached hydrogen (secondary N) is 1. The zero-order chi connectivity index (χ0) is 26.2. The summed E-state index contributed by atoms with van der Waals surface area (Å²) in [7, 11) is 0. The maximum atomic E-state index is 13.6. The number of carbonyl (C=O) groups is 3. The van der Waals surface area contributed by atoms with Gasteiger partial charge < -0.3 is 15.5 Å². The molecule has 1 atom stereocenters. The highest BCUT2D eigenvalue weighted by Gasteiger charge is 2.66. The molecule has 0 radical (unpaired) electrons. The number of aliphatic hydroxyl groups excluding tert-OH is 1. The van der Waals surface area contributed by atoms with Crippen molar-refractivity contribution in [3.05, 3.63) is 100 Å².